The topological polar surface area (TPSA) is 127 Å². The van der Waals surface area contributed by atoms with Gasteiger partial charge in [0.15, 0.2) is 0 Å². The van der Waals surface area contributed by atoms with Crippen LogP contribution in [-0.2, 0) is 14.4 Å². The summed E-state index contributed by atoms with van der Waals surface area (Å²) >= 11 is 0. The van der Waals surface area contributed by atoms with Crippen LogP contribution in [0.25, 0.3) is 0 Å². The van der Waals surface area contributed by atoms with E-state index >= 15 is 0 Å². The molecule has 7 heteroatoms. The number of rotatable bonds is 5. The summed E-state index contributed by atoms with van der Waals surface area (Å²) < 4.78 is 0. The lowest BCUT2D eigenvalue weighted by Crippen LogP contribution is -2.47. The molecular formula is C10H15N3O4. The van der Waals surface area contributed by atoms with Gasteiger partial charge < -0.3 is 21.5 Å². The van der Waals surface area contributed by atoms with Gasteiger partial charge in [-0.2, -0.15) is 0 Å². The van der Waals surface area contributed by atoms with Crippen molar-refractivity contribution in [3.8, 4) is 0 Å². The van der Waals surface area contributed by atoms with Gasteiger partial charge in [-0.3, -0.25) is 9.59 Å². The van der Waals surface area contributed by atoms with Crippen LogP contribution in [0.5, 0.6) is 0 Å². The molecule has 0 spiro atoms. The molecule has 1 heterocycles. The van der Waals surface area contributed by atoms with E-state index in [-0.39, 0.29) is 19.3 Å². The van der Waals surface area contributed by atoms with E-state index in [0.29, 0.717) is 0 Å². The minimum Gasteiger partial charge on any atom is -0.480 e. The van der Waals surface area contributed by atoms with E-state index in [9.17, 15) is 14.4 Å². The lowest BCUT2D eigenvalue weighted by Gasteiger charge is -2.23. The van der Waals surface area contributed by atoms with Crippen molar-refractivity contribution in [1.82, 2.24) is 4.90 Å². The van der Waals surface area contributed by atoms with Gasteiger partial charge in [0.1, 0.15) is 6.04 Å². The SMILES string of the molecule is NC(=O)CC[C@H](N)C(=O)N1C=CCC1C(=O)O. The molecule has 1 aliphatic rings. The van der Waals surface area contributed by atoms with Crippen LogP contribution in [0.15, 0.2) is 12.3 Å². The first kappa shape index (κ1) is 13.2. The van der Waals surface area contributed by atoms with Gasteiger partial charge >= 0.3 is 5.97 Å². The van der Waals surface area contributed by atoms with Crippen molar-refractivity contribution in [2.24, 2.45) is 11.5 Å². The van der Waals surface area contributed by atoms with E-state index in [1.165, 1.54) is 6.20 Å². The molecule has 1 aliphatic heterocycles. The summed E-state index contributed by atoms with van der Waals surface area (Å²) in [6.07, 6.45) is 3.39. The Morgan fingerprint density at radius 2 is 2.12 bits per heavy atom. The van der Waals surface area contributed by atoms with Crippen LogP contribution < -0.4 is 11.5 Å². The number of carboxylic acid groups (broad SMARTS) is 1. The van der Waals surface area contributed by atoms with Gasteiger partial charge in [0.2, 0.25) is 11.8 Å². The van der Waals surface area contributed by atoms with Gasteiger partial charge in [-0.15, -0.1) is 0 Å². The molecule has 2 atom stereocenters. The predicted octanol–water partition coefficient (Wildman–Crippen LogP) is -1.22. The van der Waals surface area contributed by atoms with Crippen LogP contribution in [0, 0.1) is 0 Å². The van der Waals surface area contributed by atoms with E-state index in [1.54, 1.807) is 6.08 Å². The third-order valence-corrected chi connectivity index (χ3v) is 2.52. The maximum absolute atomic E-state index is 11.8. The molecule has 17 heavy (non-hydrogen) atoms. The van der Waals surface area contributed by atoms with Gasteiger partial charge in [0.25, 0.3) is 0 Å². The van der Waals surface area contributed by atoms with Crippen LogP contribution in [0.3, 0.4) is 0 Å². The molecule has 0 aromatic heterocycles. The number of hydrogen-bond donors (Lipinski definition) is 3. The molecule has 0 bridgehead atoms. The fourth-order valence-electron chi connectivity index (χ4n) is 1.58. The number of amides is 2. The molecule has 0 aromatic rings. The molecule has 1 unspecified atom stereocenters. The average Bonchev–Trinajstić information content (AvgIpc) is 2.73. The highest BCUT2D eigenvalue weighted by atomic mass is 16.4. The van der Waals surface area contributed by atoms with E-state index in [4.69, 9.17) is 16.6 Å². The number of hydrogen-bond acceptors (Lipinski definition) is 4. The van der Waals surface area contributed by atoms with Crippen molar-refractivity contribution in [2.45, 2.75) is 31.3 Å². The van der Waals surface area contributed by atoms with Crippen LogP contribution in [0.1, 0.15) is 19.3 Å². The molecule has 5 N–H and O–H groups in total. The highest BCUT2D eigenvalue weighted by Crippen LogP contribution is 2.16. The Bertz CT molecular complexity index is 367. The Kier molecular flexibility index (Phi) is 4.22. The monoisotopic (exact) mass is 241 g/mol. The Morgan fingerprint density at radius 1 is 1.47 bits per heavy atom. The first-order chi connectivity index (χ1) is 7.93. The number of primary amides is 1. The van der Waals surface area contributed by atoms with E-state index < -0.39 is 29.9 Å². The van der Waals surface area contributed by atoms with Gasteiger partial charge in [0.05, 0.1) is 6.04 Å². The van der Waals surface area contributed by atoms with Crippen molar-refractivity contribution in [3.05, 3.63) is 12.3 Å². The molecule has 94 valence electrons. The minimum atomic E-state index is -1.08. The van der Waals surface area contributed by atoms with Gasteiger partial charge in [-0.1, -0.05) is 6.08 Å². The van der Waals surface area contributed by atoms with Crippen LogP contribution in [0.4, 0.5) is 0 Å². The van der Waals surface area contributed by atoms with Crippen LogP contribution in [0.2, 0.25) is 0 Å². The summed E-state index contributed by atoms with van der Waals surface area (Å²) in [4.78, 5) is 34.3. The Hall–Kier alpha value is -1.89. The number of nitrogens with two attached hydrogens (primary N) is 2. The maximum Gasteiger partial charge on any atom is 0.327 e. The van der Waals surface area contributed by atoms with Crippen LogP contribution in [-0.4, -0.2) is 39.9 Å². The largest absolute Gasteiger partial charge is 0.480 e. The summed E-state index contributed by atoms with van der Waals surface area (Å²) in [5.41, 5.74) is 10.5. The van der Waals surface area contributed by atoms with Crippen molar-refractivity contribution < 1.29 is 19.5 Å². The molecule has 0 saturated heterocycles. The van der Waals surface area contributed by atoms with E-state index in [1.807, 2.05) is 0 Å². The first-order valence-corrected chi connectivity index (χ1v) is 5.19. The molecule has 0 saturated carbocycles. The predicted molar refractivity (Wildman–Crippen MR) is 58.4 cm³/mol. The average molecular weight is 241 g/mol. The normalized spacial score (nSPS) is 20.3. The summed E-state index contributed by atoms with van der Waals surface area (Å²) in [7, 11) is 0. The third kappa shape index (κ3) is 3.28. The van der Waals surface area contributed by atoms with E-state index in [0.717, 1.165) is 4.90 Å². The first-order valence-electron chi connectivity index (χ1n) is 5.19. The smallest absolute Gasteiger partial charge is 0.327 e. The second kappa shape index (κ2) is 5.44. The highest BCUT2D eigenvalue weighted by molar-refractivity contribution is 5.89. The molecule has 2 amide bonds. The fourth-order valence-corrected chi connectivity index (χ4v) is 1.58. The Balaban J connectivity index is 2.59. The van der Waals surface area contributed by atoms with Gasteiger partial charge in [0, 0.05) is 12.6 Å². The Morgan fingerprint density at radius 3 is 2.65 bits per heavy atom. The molecule has 1 rings (SSSR count). The fraction of sp³-hybridized carbons (Fsp3) is 0.500. The van der Waals surface area contributed by atoms with Gasteiger partial charge in [-0.25, -0.2) is 4.79 Å². The second-order valence-corrected chi connectivity index (χ2v) is 3.83. The zero-order chi connectivity index (χ0) is 13.0. The van der Waals surface area contributed by atoms with Crippen LogP contribution >= 0.6 is 0 Å². The molecule has 0 radical (unpaired) electrons. The highest BCUT2D eigenvalue weighted by Gasteiger charge is 2.33. The number of carbonyl (C=O) groups is 3. The molecule has 0 fully saturated rings. The molecule has 7 nitrogen and oxygen atoms in total. The van der Waals surface area contributed by atoms with Crippen molar-refractivity contribution in [2.75, 3.05) is 0 Å². The summed E-state index contributed by atoms with van der Waals surface area (Å²) in [5.74, 6) is -2.13. The zero-order valence-electron chi connectivity index (χ0n) is 9.20. The minimum absolute atomic E-state index is 0.00218. The number of carbonyl (C=O) groups excluding carboxylic acids is 2. The summed E-state index contributed by atoms with van der Waals surface area (Å²) in [6.45, 7) is 0. The van der Waals surface area contributed by atoms with Gasteiger partial charge in [-0.05, 0) is 12.8 Å². The van der Waals surface area contributed by atoms with E-state index in [2.05, 4.69) is 0 Å². The van der Waals surface area contributed by atoms with Crippen molar-refractivity contribution >= 4 is 17.8 Å². The second-order valence-electron chi connectivity index (χ2n) is 3.83. The third-order valence-electron chi connectivity index (χ3n) is 2.52. The van der Waals surface area contributed by atoms with Crippen molar-refractivity contribution in [3.63, 3.8) is 0 Å². The molecular weight excluding hydrogens is 226 g/mol. The lowest BCUT2D eigenvalue weighted by molar-refractivity contribution is -0.147. The summed E-state index contributed by atoms with van der Waals surface area (Å²) in [6, 6.07) is -1.81. The van der Waals surface area contributed by atoms with Crippen molar-refractivity contribution in [1.29, 1.82) is 0 Å². The number of aliphatic carboxylic acids is 1. The summed E-state index contributed by atoms with van der Waals surface area (Å²) in [5, 5.41) is 8.88. The maximum atomic E-state index is 11.8. The molecule has 0 aromatic carbocycles. The lowest BCUT2D eigenvalue weighted by atomic mass is 10.1. The molecule has 0 aliphatic carbocycles. The standard InChI is InChI=1S/C10H15N3O4/c11-6(3-4-8(12)14)9(15)13-5-1-2-7(13)10(16)17/h1,5-7H,2-4,11H2,(H2,12,14)(H,16,17)/t6-,7?/m0/s1. The number of nitrogens with zero attached hydrogens (tertiary/aromatic N) is 1. The number of carboxylic acids is 1. The zero-order valence-corrected chi connectivity index (χ0v) is 9.20. The Labute approximate surface area is 98.0 Å². The quantitative estimate of drug-likeness (QED) is 0.556.